The van der Waals surface area contributed by atoms with Gasteiger partial charge >= 0.3 is 5.97 Å². The molecule has 0 heterocycles. The van der Waals surface area contributed by atoms with Crippen LogP contribution < -0.4 is 4.74 Å². The largest absolute Gasteiger partial charge is 0.465 e. The molecule has 0 radical (unpaired) electrons. The summed E-state index contributed by atoms with van der Waals surface area (Å²) in [5.41, 5.74) is 1.05. The first kappa shape index (κ1) is 14.7. The first-order valence-corrected chi connectivity index (χ1v) is 6.86. The van der Waals surface area contributed by atoms with Crippen molar-refractivity contribution < 1.29 is 23.9 Å². The molecule has 0 unspecified atom stereocenters. The average Bonchev–Trinajstić information content (AvgIpc) is 2.59. The van der Waals surface area contributed by atoms with E-state index in [-0.39, 0.29) is 17.3 Å². The van der Waals surface area contributed by atoms with Gasteiger partial charge in [0.05, 0.1) is 12.7 Å². The second-order valence-corrected chi connectivity index (χ2v) is 4.87. The predicted molar refractivity (Wildman–Crippen MR) is 81.6 cm³/mol. The monoisotopic (exact) mass is 308 g/mol. The molecule has 0 saturated heterocycles. The van der Waals surface area contributed by atoms with Crippen LogP contribution in [-0.2, 0) is 4.74 Å². The van der Waals surface area contributed by atoms with Gasteiger partial charge in [0, 0.05) is 17.2 Å². The average molecular weight is 308 g/mol. The third kappa shape index (κ3) is 2.76. The Morgan fingerprint density at radius 3 is 2.22 bits per heavy atom. The van der Waals surface area contributed by atoms with Crippen LogP contribution in [0, 0.1) is 0 Å². The Hall–Kier alpha value is -3.21. The van der Waals surface area contributed by atoms with Crippen LogP contribution in [0.2, 0.25) is 0 Å². The number of hydrogen-bond acceptors (Lipinski definition) is 5. The molecule has 0 saturated carbocycles. The van der Waals surface area contributed by atoms with Crippen LogP contribution in [-0.4, -0.2) is 24.6 Å². The summed E-state index contributed by atoms with van der Waals surface area (Å²) in [6, 6.07) is 12.7. The fraction of sp³-hybridized carbons (Fsp3) is 0.0556. The summed E-state index contributed by atoms with van der Waals surface area (Å²) >= 11 is 0. The van der Waals surface area contributed by atoms with Gasteiger partial charge in [-0.25, -0.2) is 4.79 Å². The summed E-state index contributed by atoms with van der Waals surface area (Å²) in [6.07, 6.45) is 1.18. The van der Waals surface area contributed by atoms with E-state index in [1.807, 2.05) is 0 Å². The minimum absolute atomic E-state index is 0.0421. The Morgan fingerprint density at radius 1 is 0.913 bits per heavy atom. The number of carbonyl (C=O) groups excluding carboxylic acids is 3. The highest BCUT2D eigenvalue weighted by Gasteiger charge is 2.26. The normalized spacial score (nSPS) is 13.2. The lowest BCUT2D eigenvalue weighted by atomic mass is 9.94. The van der Waals surface area contributed by atoms with E-state index in [0.29, 0.717) is 22.4 Å². The molecular weight excluding hydrogens is 296 g/mol. The highest BCUT2D eigenvalue weighted by atomic mass is 16.5. The van der Waals surface area contributed by atoms with Gasteiger partial charge in [-0.05, 0) is 24.3 Å². The lowest BCUT2D eigenvalue weighted by molar-refractivity contribution is 0.0600. The van der Waals surface area contributed by atoms with Crippen LogP contribution in [0.15, 0.2) is 60.4 Å². The van der Waals surface area contributed by atoms with Gasteiger partial charge in [0.15, 0.2) is 11.5 Å². The van der Waals surface area contributed by atoms with Gasteiger partial charge in [0.2, 0.25) is 5.78 Å². The standard InChI is InChI=1S/C18H12O5/c1-22-18(21)11-6-8-12(9-7-11)23-16-10-15(19)13-4-2-3-5-14(13)17(16)20/h2-10H,1H3. The molecule has 1 aliphatic rings. The highest BCUT2D eigenvalue weighted by Crippen LogP contribution is 2.24. The number of ketones is 2. The molecule has 5 heteroatoms. The summed E-state index contributed by atoms with van der Waals surface area (Å²) in [5.74, 6) is -0.781. The molecule has 0 spiro atoms. The van der Waals surface area contributed by atoms with Crippen LogP contribution in [0.4, 0.5) is 0 Å². The smallest absolute Gasteiger partial charge is 0.337 e. The van der Waals surface area contributed by atoms with E-state index >= 15 is 0 Å². The minimum atomic E-state index is -0.464. The van der Waals surface area contributed by atoms with Gasteiger partial charge in [-0.1, -0.05) is 24.3 Å². The van der Waals surface area contributed by atoms with Gasteiger partial charge in [-0.2, -0.15) is 0 Å². The summed E-state index contributed by atoms with van der Waals surface area (Å²) in [7, 11) is 1.29. The number of benzene rings is 2. The zero-order valence-electron chi connectivity index (χ0n) is 12.2. The number of carbonyl (C=O) groups is 3. The van der Waals surface area contributed by atoms with Crippen molar-refractivity contribution in [1.82, 2.24) is 0 Å². The number of rotatable bonds is 3. The third-order valence-electron chi connectivity index (χ3n) is 3.43. The van der Waals surface area contributed by atoms with Crippen LogP contribution in [0.25, 0.3) is 0 Å². The molecule has 0 bridgehead atoms. The van der Waals surface area contributed by atoms with E-state index in [2.05, 4.69) is 4.74 Å². The Bertz CT molecular complexity index is 831. The second-order valence-electron chi connectivity index (χ2n) is 4.87. The van der Waals surface area contributed by atoms with Crippen molar-refractivity contribution in [3.8, 4) is 5.75 Å². The predicted octanol–water partition coefficient (Wildman–Crippen LogP) is 2.82. The molecule has 2 aromatic rings. The van der Waals surface area contributed by atoms with Gasteiger partial charge in [0.25, 0.3) is 0 Å². The SMILES string of the molecule is COC(=O)c1ccc(OC2=CC(=O)c3ccccc3C2=O)cc1. The Balaban J connectivity index is 1.85. The van der Waals surface area contributed by atoms with Gasteiger partial charge in [-0.3, -0.25) is 9.59 Å². The first-order valence-electron chi connectivity index (χ1n) is 6.86. The molecule has 3 rings (SSSR count). The zero-order valence-corrected chi connectivity index (χ0v) is 12.2. The number of hydrogen-bond donors (Lipinski definition) is 0. The first-order chi connectivity index (χ1) is 11.1. The second kappa shape index (κ2) is 5.88. The molecule has 1 aliphatic carbocycles. The molecule has 0 atom stereocenters. The van der Waals surface area contributed by atoms with Crippen LogP contribution in [0.3, 0.4) is 0 Å². The molecule has 0 aliphatic heterocycles. The van der Waals surface area contributed by atoms with E-state index < -0.39 is 5.97 Å². The molecule has 5 nitrogen and oxygen atoms in total. The summed E-state index contributed by atoms with van der Waals surface area (Å²) < 4.78 is 10.1. The fourth-order valence-corrected chi connectivity index (χ4v) is 2.27. The zero-order chi connectivity index (χ0) is 16.4. The van der Waals surface area contributed by atoms with Crippen molar-refractivity contribution >= 4 is 17.5 Å². The lowest BCUT2D eigenvalue weighted by Gasteiger charge is -2.15. The van der Waals surface area contributed by atoms with Gasteiger partial charge in [-0.15, -0.1) is 0 Å². The van der Waals surface area contributed by atoms with E-state index in [4.69, 9.17) is 4.74 Å². The minimum Gasteiger partial charge on any atom is -0.465 e. The van der Waals surface area contributed by atoms with E-state index in [1.54, 1.807) is 24.3 Å². The number of methoxy groups -OCH3 is 1. The van der Waals surface area contributed by atoms with Crippen LogP contribution >= 0.6 is 0 Å². The Labute approximate surface area is 132 Å². The molecule has 114 valence electrons. The third-order valence-corrected chi connectivity index (χ3v) is 3.43. The molecule has 0 N–H and O–H groups in total. The van der Waals surface area contributed by atoms with Crippen molar-refractivity contribution in [3.63, 3.8) is 0 Å². The quantitative estimate of drug-likeness (QED) is 0.815. The van der Waals surface area contributed by atoms with E-state index in [0.717, 1.165) is 0 Å². The van der Waals surface area contributed by atoms with E-state index in [9.17, 15) is 14.4 Å². The molecule has 0 amide bonds. The molecule has 23 heavy (non-hydrogen) atoms. The van der Waals surface area contributed by atoms with Crippen molar-refractivity contribution in [3.05, 3.63) is 77.1 Å². The Kier molecular flexibility index (Phi) is 3.76. The number of ether oxygens (including phenoxy) is 2. The number of fused-ring (bicyclic) bond motifs is 1. The molecular formula is C18H12O5. The van der Waals surface area contributed by atoms with Crippen LogP contribution in [0.1, 0.15) is 31.1 Å². The molecule has 2 aromatic carbocycles. The van der Waals surface area contributed by atoms with Crippen LogP contribution in [0.5, 0.6) is 5.75 Å². The number of allylic oxidation sites excluding steroid dienone is 2. The summed E-state index contributed by atoms with van der Waals surface area (Å²) in [5, 5.41) is 0. The lowest BCUT2D eigenvalue weighted by Crippen LogP contribution is -2.20. The maximum atomic E-state index is 12.4. The number of esters is 1. The fourth-order valence-electron chi connectivity index (χ4n) is 2.27. The molecule has 0 aromatic heterocycles. The topological polar surface area (TPSA) is 69.7 Å². The summed E-state index contributed by atoms with van der Waals surface area (Å²) in [4.78, 5) is 35.8. The van der Waals surface area contributed by atoms with Crippen molar-refractivity contribution in [2.45, 2.75) is 0 Å². The Morgan fingerprint density at radius 2 is 1.57 bits per heavy atom. The van der Waals surface area contributed by atoms with Crippen molar-refractivity contribution in [2.24, 2.45) is 0 Å². The number of Topliss-reactive ketones (excluding diaryl/α,β-unsaturated/α-hetero) is 1. The van der Waals surface area contributed by atoms with Gasteiger partial charge in [0.1, 0.15) is 5.75 Å². The van der Waals surface area contributed by atoms with Crippen molar-refractivity contribution in [1.29, 1.82) is 0 Å². The maximum Gasteiger partial charge on any atom is 0.337 e. The molecule has 0 fully saturated rings. The summed E-state index contributed by atoms with van der Waals surface area (Å²) in [6.45, 7) is 0. The van der Waals surface area contributed by atoms with Gasteiger partial charge < -0.3 is 9.47 Å². The van der Waals surface area contributed by atoms with E-state index in [1.165, 1.54) is 37.5 Å². The maximum absolute atomic E-state index is 12.4. The van der Waals surface area contributed by atoms with Crippen molar-refractivity contribution in [2.75, 3.05) is 7.11 Å². The highest BCUT2D eigenvalue weighted by molar-refractivity contribution is 6.23.